The molecule has 1 aromatic heterocycles. The molecule has 0 fully saturated rings. The number of ether oxygens (including phenoxy) is 2. The molecule has 2 atom stereocenters. The van der Waals surface area contributed by atoms with Gasteiger partial charge in [0.2, 0.25) is 11.7 Å². The zero-order valence-electron chi connectivity index (χ0n) is 14.7. The zero-order chi connectivity index (χ0) is 17.5. The number of aromatic nitrogens is 2. The number of nitrogens with zero attached hydrogens (tertiary/aromatic N) is 1. The molecule has 1 aromatic carbocycles. The Bertz CT molecular complexity index is 764. The number of benzene rings is 1. The van der Waals surface area contributed by atoms with Crippen molar-refractivity contribution >= 4 is 11.6 Å². The summed E-state index contributed by atoms with van der Waals surface area (Å²) >= 11 is 0. The van der Waals surface area contributed by atoms with Gasteiger partial charge in [-0.05, 0) is 32.9 Å². The van der Waals surface area contributed by atoms with E-state index < -0.39 is 5.79 Å². The van der Waals surface area contributed by atoms with Gasteiger partial charge in [0.05, 0.1) is 11.6 Å². The molecular formula is C18H23N3O3. The van der Waals surface area contributed by atoms with E-state index in [1.807, 2.05) is 46.8 Å². The number of carbonyl (C=O) groups excluding carboxylic acids is 1. The highest BCUT2D eigenvalue weighted by atomic mass is 16.7. The van der Waals surface area contributed by atoms with Crippen LogP contribution in [-0.2, 0) is 4.79 Å². The minimum absolute atomic E-state index is 0.0836. The summed E-state index contributed by atoms with van der Waals surface area (Å²) in [7, 11) is 0. The maximum absolute atomic E-state index is 12.6. The van der Waals surface area contributed by atoms with Gasteiger partial charge in [0.25, 0.3) is 0 Å². The predicted molar refractivity (Wildman–Crippen MR) is 91.5 cm³/mol. The summed E-state index contributed by atoms with van der Waals surface area (Å²) in [4.78, 5) is 12.6. The largest absolute Gasteiger partial charge is 0.449 e. The van der Waals surface area contributed by atoms with Gasteiger partial charge in [-0.25, -0.2) is 0 Å². The smallest absolute Gasteiger partial charge is 0.248 e. The first-order valence-corrected chi connectivity index (χ1v) is 8.17. The second-order valence-electron chi connectivity index (χ2n) is 6.41. The van der Waals surface area contributed by atoms with Crippen molar-refractivity contribution in [1.29, 1.82) is 0 Å². The molecule has 1 aliphatic rings. The summed E-state index contributed by atoms with van der Waals surface area (Å²) in [5.74, 6) is 0.339. The molecule has 0 bridgehead atoms. The number of anilines is 1. The van der Waals surface area contributed by atoms with Crippen molar-refractivity contribution in [2.45, 2.75) is 52.7 Å². The number of nitrogens with one attached hydrogen (secondary N) is 2. The first kappa shape index (κ1) is 16.4. The van der Waals surface area contributed by atoms with Crippen molar-refractivity contribution in [3.8, 4) is 11.5 Å². The third-order valence-electron chi connectivity index (χ3n) is 4.52. The molecule has 2 aromatic rings. The number of fused-ring (bicyclic) bond motifs is 1. The summed E-state index contributed by atoms with van der Waals surface area (Å²) in [5, 5.41) is 10.0. The first-order chi connectivity index (χ1) is 11.3. The number of hydrogen-bond donors (Lipinski definition) is 2. The minimum Gasteiger partial charge on any atom is -0.449 e. The second-order valence-corrected chi connectivity index (χ2v) is 6.41. The Morgan fingerprint density at radius 3 is 2.67 bits per heavy atom. The number of rotatable bonds is 4. The molecule has 0 radical (unpaired) electrons. The molecule has 1 aliphatic heterocycles. The Morgan fingerprint density at radius 2 is 2.04 bits per heavy atom. The van der Waals surface area contributed by atoms with Crippen molar-refractivity contribution in [2.75, 3.05) is 5.32 Å². The van der Waals surface area contributed by atoms with Crippen LogP contribution in [0, 0.1) is 13.8 Å². The SMILES string of the molecule is CCC1(C)Oc2ccc(NC(=O)C(C)c3c(C)n[nH]c3C)cc2O1. The van der Waals surface area contributed by atoms with E-state index in [0.29, 0.717) is 17.2 Å². The lowest BCUT2D eigenvalue weighted by atomic mass is 9.98. The average molecular weight is 329 g/mol. The van der Waals surface area contributed by atoms with Gasteiger partial charge in [0.15, 0.2) is 11.5 Å². The van der Waals surface area contributed by atoms with Crippen LogP contribution in [0.25, 0.3) is 0 Å². The zero-order valence-corrected chi connectivity index (χ0v) is 14.7. The number of H-pyrrole nitrogens is 1. The Hall–Kier alpha value is -2.50. The van der Waals surface area contributed by atoms with Gasteiger partial charge < -0.3 is 14.8 Å². The summed E-state index contributed by atoms with van der Waals surface area (Å²) in [6.45, 7) is 9.60. The lowest BCUT2D eigenvalue weighted by Gasteiger charge is -2.20. The standard InChI is InChI=1S/C18H23N3O3/c1-6-18(5)23-14-8-7-13(9-15(14)24-18)19-17(22)10(2)16-11(3)20-21-12(16)4/h7-10H,6H2,1-5H3,(H,19,22)(H,20,21). The topological polar surface area (TPSA) is 76.2 Å². The van der Waals surface area contributed by atoms with Crippen molar-refractivity contribution < 1.29 is 14.3 Å². The van der Waals surface area contributed by atoms with E-state index in [1.165, 1.54) is 0 Å². The molecule has 6 heteroatoms. The van der Waals surface area contributed by atoms with Gasteiger partial charge in [-0.15, -0.1) is 0 Å². The Morgan fingerprint density at radius 1 is 1.33 bits per heavy atom. The lowest BCUT2D eigenvalue weighted by molar-refractivity contribution is -0.117. The van der Waals surface area contributed by atoms with Crippen LogP contribution in [0.3, 0.4) is 0 Å². The highest BCUT2D eigenvalue weighted by molar-refractivity contribution is 5.96. The van der Waals surface area contributed by atoms with E-state index in [-0.39, 0.29) is 11.8 Å². The van der Waals surface area contributed by atoms with Gasteiger partial charge >= 0.3 is 0 Å². The molecule has 0 saturated carbocycles. The van der Waals surface area contributed by atoms with Gasteiger partial charge in [0, 0.05) is 36.4 Å². The van der Waals surface area contributed by atoms with E-state index >= 15 is 0 Å². The molecule has 0 saturated heterocycles. The highest BCUT2D eigenvalue weighted by Crippen LogP contribution is 2.42. The number of aryl methyl sites for hydroxylation is 2. The first-order valence-electron chi connectivity index (χ1n) is 8.17. The Kier molecular flexibility index (Phi) is 3.99. The lowest BCUT2D eigenvalue weighted by Crippen LogP contribution is -2.33. The van der Waals surface area contributed by atoms with Crippen LogP contribution < -0.4 is 14.8 Å². The van der Waals surface area contributed by atoms with Crippen LogP contribution >= 0.6 is 0 Å². The molecule has 0 aliphatic carbocycles. The van der Waals surface area contributed by atoms with Gasteiger partial charge in [0.1, 0.15) is 0 Å². The maximum atomic E-state index is 12.6. The molecule has 2 heterocycles. The second kappa shape index (κ2) is 5.85. The van der Waals surface area contributed by atoms with E-state index in [1.54, 1.807) is 6.07 Å². The molecule has 128 valence electrons. The monoisotopic (exact) mass is 329 g/mol. The fourth-order valence-electron chi connectivity index (χ4n) is 2.96. The van der Waals surface area contributed by atoms with Crippen LogP contribution in [0.1, 0.15) is 50.1 Å². The van der Waals surface area contributed by atoms with Crippen molar-refractivity contribution in [3.63, 3.8) is 0 Å². The van der Waals surface area contributed by atoms with E-state index in [0.717, 1.165) is 23.4 Å². The minimum atomic E-state index is -0.636. The van der Waals surface area contributed by atoms with Crippen LogP contribution in [0.15, 0.2) is 18.2 Å². The third-order valence-corrected chi connectivity index (χ3v) is 4.52. The third kappa shape index (κ3) is 2.84. The Labute approximate surface area is 141 Å². The van der Waals surface area contributed by atoms with Crippen molar-refractivity contribution in [3.05, 3.63) is 35.2 Å². The number of aromatic amines is 1. The Balaban J connectivity index is 1.76. The predicted octanol–water partition coefficient (Wildman–Crippen LogP) is 3.67. The summed E-state index contributed by atoms with van der Waals surface area (Å²) in [5.41, 5.74) is 3.39. The van der Waals surface area contributed by atoms with Crippen LogP contribution in [0.5, 0.6) is 11.5 Å². The van der Waals surface area contributed by atoms with Crippen molar-refractivity contribution in [2.24, 2.45) is 0 Å². The van der Waals surface area contributed by atoms with Crippen LogP contribution in [0.2, 0.25) is 0 Å². The fourth-order valence-corrected chi connectivity index (χ4v) is 2.96. The number of carbonyl (C=O) groups is 1. The molecule has 2 N–H and O–H groups in total. The molecule has 1 amide bonds. The normalized spacial score (nSPS) is 20.0. The van der Waals surface area contributed by atoms with E-state index in [9.17, 15) is 4.79 Å². The summed E-state index contributed by atoms with van der Waals surface area (Å²) in [6, 6.07) is 5.45. The molecular weight excluding hydrogens is 306 g/mol. The van der Waals surface area contributed by atoms with E-state index in [2.05, 4.69) is 15.5 Å². The molecule has 3 rings (SSSR count). The molecule has 0 spiro atoms. The van der Waals surface area contributed by atoms with Crippen LogP contribution in [-0.4, -0.2) is 21.9 Å². The van der Waals surface area contributed by atoms with Crippen molar-refractivity contribution in [1.82, 2.24) is 10.2 Å². The molecule has 6 nitrogen and oxygen atoms in total. The summed E-state index contributed by atoms with van der Waals surface area (Å²) < 4.78 is 11.6. The fraction of sp³-hybridized carbons (Fsp3) is 0.444. The van der Waals surface area contributed by atoms with E-state index in [4.69, 9.17) is 9.47 Å². The van der Waals surface area contributed by atoms with Gasteiger partial charge in [-0.3, -0.25) is 9.89 Å². The van der Waals surface area contributed by atoms with Gasteiger partial charge in [-0.1, -0.05) is 6.92 Å². The molecule has 2 unspecified atom stereocenters. The van der Waals surface area contributed by atoms with Gasteiger partial charge in [-0.2, -0.15) is 5.10 Å². The highest BCUT2D eigenvalue weighted by Gasteiger charge is 2.35. The number of hydrogen-bond acceptors (Lipinski definition) is 4. The average Bonchev–Trinajstić information content (AvgIpc) is 3.05. The summed E-state index contributed by atoms with van der Waals surface area (Å²) in [6.07, 6.45) is 0.736. The van der Waals surface area contributed by atoms with Crippen LogP contribution in [0.4, 0.5) is 5.69 Å². The quantitative estimate of drug-likeness (QED) is 0.897. The number of amides is 1. The maximum Gasteiger partial charge on any atom is 0.248 e. The molecule has 24 heavy (non-hydrogen) atoms.